The van der Waals surface area contributed by atoms with Crippen molar-refractivity contribution in [3.8, 4) is 0 Å². The highest BCUT2D eigenvalue weighted by atomic mass is 16.5. The van der Waals surface area contributed by atoms with Crippen molar-refractivity contribution in [1.82, 2.24) is 14.8 Å². The quantitative estimate of drug-likeness (QED) is 0.772. The molecule has 2 atom stereocenters. The molecule has 2 N–H and O–H groups in total. The van der Waals surface area contributed by atoms with Gasteiger partial charge in [0.1, 0.15) is 11.6 Å². The zero-order valence-electron chi connectivity index (χ0n) is 9.43. The van der Waals surface area contributed by atoms with Crippen molar-refractivity contribution < 1.29 is 4.74 Å². The third-order valence-corrected chi connectivity index (χ3v) is 3.56. The second-order valence-electron chi connectivity index (χ2n) is 4.88. The lowest BCUT2D eigenvalue weighted by molar-refractivity contribution is 0.185. The van der Waals surface area contributed by atoms with Crippen molar-refractivity contribution in [3.05, 3.63) is 11.6 Å². The maximum absolute atomic E-state index is 5.98. The largest absolute Gasteiger partial charge is 0.381 e. The van der Waals surface area contributed by atoms with Gasteiger partial charge < -0.3 is 15.0 Å². The van der Waals surface area contributed by atoms with Crippen LogP contribution in [-0.4, -0.2) is 34.0 Å². The number of hydrogen-bond acceptors (Lipinski definition) is 4. The molecule has 2 aliphatic rings. The number of nitrogens with two attached hydrogens (primary N) is 1. The normalized spacial score (nSPS) is 29.3. The lowest BCUT2D eigenvalue weighted by Crippen LogP contribution is -2.33. The van der Waals surface area contributed by atoms with Crippen molar-refractivity contribution in [2.75, 3.05) is 13.2 Å². The Balaban J connectivity index is 1.77. The van der Waals surface area contributed by atoms with Crippen LogP contribution in [0.5, 0.6) is 0 Å². The molecule has 88 valence electrons. The summed E-state index contributed by atoms with van der Waals surface area (Å²) >= 11 is 0. The van der Waals surface area contributed by atoms with Crippen LogP contribution in [0, 0.1) is 5.92 Å². The molecule has 0 aliphatic carbocycles. The van der Waals surface area contributed by atoms with Crippen LogP contribution in [0.4, 0.5) is 0 Å². The Hall–Kier alpha value is -0.940. The van der Waals surface area contributed by atoms with E-state index in [1.54, 1.807) is 0 Å². The van der Waals surface area contributed by atoms with E-state index >= 15 is 0 Å². The molecule has 5 heteroatoms. The van der Waals surface area contributed by atoms with Gasteiger partial charge in [0.15, 0.2) is 0 Å². The molecule has 5 nitrogen and oxygen atoms in total. The fourth-order valence-electron chi connectivity index (χ4n) is 2.56. The molecule has 1 fully saturated rings. The summed E-state index contributed by atoms with van der Waals surface area (Å²) in [6.45, 7) is 2.64. The Labute approximate surface area is 95.0 Å². The molecule has 1 aromatic heterocycles. The fourth-order valence-corrected chi connectivity index (χ4v) is 2.56. The maximum Gasteiger partial charge on any atom is 0.133 e. The second-order valence-corrected chi connectivity index (χ2v) is 4.88. The summed E-state index contributed by atoms with van der Waals surface area (Å²) in [4.78, 5) is 0. The van der Waals surface area contributed by atoms with E-state index in [-0.39, 0.29) is 6.04 Å². The first-order valence-electron chi connectivity index (χ1n) is 6.07. The van der Waals surface area contributed by atoms with Gasteiger partial charge >= 0.3 is 0 Å². The molecular formula is C11H18N4O. The van der Waals surface area contributed by atoms with Gasteiger partial charge in [0, 0.05) is 38.6 Å². The molecule has 0 saturated carbocycles. The SMILES string of the molecule is NC1CCc2nnc(CC3CCOC3)n2C1. The number of fused-ring (bicyclic) bond motifs is 1. The van der Waals surface area contributed by atoms with Gasteiger partial charge in [-0.25, -0.2) is 0 Å². The van der Waals surface area contributed by atoms with Gasteiger partial charge in [0.25, 0.3) is 0 Å². The number of nitrogens with zero attached hydrogens (tertiary/aromatic N) is 3. The molecule has 0 amide bonds. The maximum atomic E-state index is 5.98. The van der Waals surface area contributed by atoms with Crippen LogP contribution < -0.4 is 5.73 Å². The average molecular weight is 222 g/mol. The minimum Gasteiger partial charge on any atom is -0.381 e. The summed E-state index contributed by atoms with van der Waals surface area (Å²) in [6, 6.07) is 0.266. The van der Waals surface area contributed by atoms with Crippen LogP contribution in [0.3, 0.4) is 0 Å². The molecule has 0 spiro atoms. The summed E-state index contributed by atoms with van der Waals surface area (Å²) in [5.41, 5.74) is 5.98. The Morgan fingerprint density at radius 2 is 2.31 bits per heavy atom. The third-order valence-electron chi connectivity index (χ3n) is 3.56. The summed E-state index contributed by atoms with van der Waals surface area (Å²) in [5.74, 6) is 2.82. The Kier molecular flexibility index (Phi) is 2.65. The third kappa shape index (κ3) is 1.85. The van der Waals surface area contributed by atoms with E-state index in [2.05, 4.69) is 14.8 Å². The van der Waals surface area contributed by atoms with Crippen LogP contribution in [0.25, 0.3) is 0 Å². The van der Waals surface area contributed by atoms with E-state index in [9.17, 15) is 0 Å². The smallest absolute Gasteiger partial charge is 0.133 e. The van der Waals surface area contributed by atoms with E-state index in [0.717, 1.165) is 57.1 Å². The average Bonchev–Trinajstić information content (AvgIpc) is 2.90. The second kappa shape index (κ2) is 4.14. The molecule has 1 saturated heterocycles. The molecule has 0 bridgehead atoms. The molecule has 0 radical (unpaired) electrons. The monoisotopic (exact) mass is 222 g/mol. The molecular weight excluding hydrogens is 204 g/mol. The van der Waals surface area contributed by atoms with Crippen LogP contribution in [-0.2, 0) is 24.1 Å². The number of aryl methyl sites for hydroxylation is 1. The number of hydrogen-bond donors (Lipinski definition) is 1. The zero-order chi connectivity index (χ0) is 11.0. The highest BCUT2D eigenvalue weighted by Crippen LogP contribution is 2.20. The van der Waals surface area contributed by atoms with E-state index < -0.39 is 0 Å². The van der Waals surface area contributed by atoms with Gasteiger partial charge in [0.2, 0.25) is 0 Å². The Morgan fingerprint density at radius 1 is 1.38 bits per heavy atom. The van der Waals surface area contributed by atoms with Gasteiger partial charge in [-0.15, -0.1) is 10.2 Å². The van der Waals surface area contributed by atoms with Crippen molar-refractivity contribution in [2.45, 2.75) is 38.3 Å². The topological polar surface area (TPSA) is 66.0 Å². The lowest BCUT2D eigenvalue weighted by Gasteiger charge is -2.21. The summed E-state index contributed by atoms with van der Waals surface area (Å²) in [5, 5.41) is 8.55. The van der Waals surface area contributed by atoms with Gasteiger partial charge in [0.05, 0.1) is 0 Å². The van der Waals surface area contributed by atoms with Gasteiger partial charge in [-0.2, -0.15) is 0 Å². The van der Waals surface area contributed by atoms with Crippen LogP contribution in [0.2, 0.25) is 0 Å². The molecule has 2 aliphatic heterocycles. The van der Waals surface area contributed by atoms with E-state index in [1.807, 2.05) is 0 Å². The molecule has 2 unspecified atom stereocenters. The first-order chi connectivity index (χ1) is 7.83. The van der Waals surface area contributed by atoms with Gasteiger partial charge in [-0.1, -0.05) is 0 Å². The van der Waals surface area contributed by atoms with Crippen molar-refractivity contribution >= 4 is 0 Å². The lowest BCUT2D eigenvalue weighted by atomic mass is 10.0. The van der Waals surface area contributed by atoms with E-state index in [4.69, 9.17) is 10.5 Å². The number of rotatable bonds is 2. The zero-order valence-corrected chi connectivity index (χ0v) is 9.43. The van der Waals surface area contributed by atoms with Crippen LogP contribution in [0.1, 0.15) is 24.5 Å². The minimum absolute atomic E-state index is 0.266. The highest BCUT2D eigenvalue weighted by molar-refractivity contribution is 5.02. The van der Waals surface area contributed by atoms with Crippen molar-refractivity contribution in [2.24, 2.45) is 11.7 Å². The molecule has 3 rings (SSSR count). The Bertz CT molecular complexity index is 370. The van der Waals surface area contributed by atoms with Crippen molar-refractivity contribution in [1.29, 1.82) is 0 Å². The predicted molar refractivity (Wildman–Crippen MR) is 58.9 cm³/mol. The molecule has 0 aromatic carbocycles. The van der Waals surface area contributed by atoms with E-state index in [1.165, 1.54) is 0 Å². The molecule has 16 heavy (non-hydrogen) atoms. The molecule has 1 aromatic rings. The van der Waals surface area contributed by atoms with Gasteiger partial charge in [-0.3, -0.25) is 0 Å². The standard InChI is InChI=1S/C11H18N4O/c12-9-1-2-10-13-14-11(15(10)6-9)5-8-3-4-16-7-8/h8-9H,1-7,12H2. The first kappa shape index (κ1) is 10.2. The summed E-state index contributed by atoms with van der Waals surface area (Å²) in [6.07, 6.45) is 4.13. The van der Waals surface area contributed by atoms with Crippen LogP contribution >= 0.6 is 0 Å². The minimum atomic E-state index is 0.266. The van der Waals surface area contributed by atoms with E-state index in [0.29, 0.717) is 5.92 Å². The fraction of sp³-hybridized carbons (Fsp3) is 0.818. The van der Waals surface area contributed by atoms with Crippen molar-refractivity contribution in [3.63, 3.8) is 0 Å². The predicted octanol–water partition coefficient (Wildman–Crippen LogP) is 0.131. The highest BCUT2D eigenvalue weighted by Gasteiger charge is 2.24. The summed E-state index contributed by atoms with van der Waals surface area (Å²) < 4.78 is 7.60. The first-order valence-corrected chi connectivity index (χ1v) is 6.07. The molecule has 3 heterocycles. The Morgan fingerprint density at radius 3 is 3.12 bits per heavy atom. The van der Waals surface area contributed by atoms with Crippen LogP contribution in [0.15, 0.2) is 0 Å². The summed E-state index contributed by atoms with van der Waals surface area (Å²) in [7, 11) is 0. The number of ether oxygens (including phenoxy) is 1. The van der Waals surface area contributed by atoms with Gasteiger partial charge in [-0.05, 0) is 18.8 Å². The number of aromatic nitrogens is 3.